The normalized spacial score (nSPS) is 18.8. The third-order valence-corrected chi connectivity index (χ3v) is 7.11. The summed E-state index contributed by atoms with van der Waals surface area (Å²) in [5, 5.41) is 0. The van der Waals surface area contributed by atoms with Crippen LogP contribution in [0.25, 0.3) is 22.3 Å². The van der Waals surface area contributed by atoms with Crippen LogP contribution in [-0.2, 0) is 0 Å². The second-order valence-electron chi connectivity index (χ2n) is 9.40. The van der Waals surface area contributed by atoms with Gasteiger partial charge in [0, 0.05) is 5.56 Å². The Balaban J connectivity index is 1.41. The zero-order valence-corrected chi connectivity index (χ0v) is 19.0. The van der Waals surface area contributed by atoms with E-state index < -0.39 is 0 Å². The second kappa shape index (κ2) is 10.3. The van der Waals surface area contributed by atoms with Crippen LogP contribution < -0.4 is 0 Å². The predicted octanol–water partition coefficient (Wildman–Crippen LogP) is 9.32. The van der Waals surface area contributed by atoms with Crippen molar-refractivity contribution in [3.8, 4) is 22.3 Å². The van der Waals surface area contributed by atoms with Crippen molar-refractivity contribution in [2.45, 2.75) is 71.1 Å². The van der Waals surface area contributed by atoms with E-state index in [9.17, 15) is 4.39 Å². The zero-order valence-electron chi connectivity index (χ0n) is 19.0. The van der Waals surface area contributed by atoms with E-state index in [0.717, 1.165) is 22.6 Å². The van der Waals surface area contributed by atoms with E-state index in [1.54, 1.807) is 6.07 Å². The van der Waals surface area contributed by atoms with Crippen LogP contribution in [0.15, 0.2) is 66.7 Å². The average molecular weight is 415 g/mol. The maximum absolute atomic E-state index is 14.9. The van der Waals surface area contributed by atoms with Crippen LogP contribution in [0.4, 0.5) is 4.39 Å². The fourth-order valence-corrected chi connectivity index (χ4v) is 5.08. The summed E-state index contributed by atoms with van der Waals surface area (Å²) in [6, 6.07) is 22.5. The van der Waals surface area contributed by atoms with Crippen molar-refractivity contribution in [1.29, 1.82) is 0 Å². The molecule has 1 aliphatic carbocycles. The number of aryl methyl sites for hydroxylation is 1. The molecule has 0 aromatic heterocycles. The van der Waals surface area contributed by atoms with E-state index in [0.29, 0.717) is 11.5 Å². The number of halogens is 1. The number of benzene rings is 3. The molecule has 0 nitrogen and oxygen atoms in total. The molecule has 0 aliphatic heterocycles. The van der Waals surface area contributed by atoms with Gasteiger partial charge in [-0.15, -0.1) is 0 Å². The van der Waals surface area contributed by atoms with Gasteiger partial charge in [-0.1, -0.05) is 98.8 Å². The van der Waals surface area contributed by atoms with Gasteiger partial charge >= 0.3 is 0 Å². The highest BCUT2D eigenvalue weighted by Crippen LogP contribution is 2.38. The molecule has 1 fully saturated rings. The average Bonchev–Trinajstić information content (AvgIpc) is 2.80. The fourth-order valence-electron chi connectivity index (χ4n) is 5.08. The number of hydrogen-bond acceptors (Lipinski definition) is 0. The molecule has 0 radical (unpaired) electrons. The Labute approximate surface area is 187 Å². The van der Waals surface area contributed by atoms with E-state index in [-0.39, 0.29) is 5.82 Å². The topological polar surface area (TPSA) is 0 Å². The molecule has 0 saturated heterocycles. The molecule has 1 heteroatoms. The SMILES string of the molecule is CCCCCC1CCC(c2ccc(-c3ccc(-c4ccc(C)cc4)cc3F)cc2)CC1. The van der Waals surface area contributed by atoms with E-state index >= 15 is 0 Å². The molecule has 0 amide bonds. The van der Waals surface area contributed by atoms with Gasteiger partial charge in [-0.05, 0) is 72.8 Å². The molecule has 0 spiro atoms. The Morgan fingerprint density at radius 3 is 2.03 bits per heavy atom. The zero-order chi connectivity index (χ0) is 21.6. The maximum atomic E-state index is 14.9. The van der Waals surface area contributed by atoms with Crippen molar-refractivity contribution >= 4 is 0 Å². The first-order chi connectivity index (χ1) is 15.1. The Hall–Kier alpha value is -2.41. The van der Waals surface area contributed by atoms with Gasteiger partial charge in [-0.2, -0.15) is 0 Å². The minimum atomic E-state index is -0.154. The quantitative estimate of drug-likeness (QED) is 0.338. The van der Waals surface area contributed by atoms with Gasteiger partial charge in [-0.25, -0.2) is 4.39 Å². The van der Waals surface area contributed by atoms with Crippen LogP contribution >= 0.6 is 0 Å². The molecule has 1 aliphatic rings. The van der Waals surface area contributed by atoms with Crippen molar-refractivity contribution in [2.24, 2.45) is 5.92 Å². The molecular weight excluding hydrogens is 379 g/mol. The predicted molar refractivity (Wildman–Crippen MR) is 131 cm³/mol. The summed E-state index contributed by atoms with van der Waals surface area (Å²) in [7, 11) is 0. The van der Waals surface area contributed by atoms with Crippen molar-refractivity contribution in [3.05, 3.63) is 83.7 Å². The van der Waals surface area contributed by atoms with E-state index in [2.05, 4.69) is 62.4 Å². The minimum Gasteiger partial charge on any atom is -0.206 e. The smallest absolute Gasteiger partial charge is 0.131 e. The number of hydrogen-bond donors (Lipinski definition) is 0. The van der Waals surface area contributed by atoms with E-state index in [4.69, 9.17) is 0 Å². The standard InChI is InChI=1S/C30H35F/c1-3-4-5-6-23-9-13-24(14-10-23)25-15-17-27(18-16-25)29-20-19-28(21-30(29)31)26-11-7-22(2)8-12-26/h7-8,11-12,15-21,23-24H,3-6,9-10,13-14H2,1-2H3. The summed E-state index contributed by atoms with van der Waals surface area (Å²) in [5.41, 5.74) is 6.26. The summed E-state index contributed by atoms with van der Waals surface area (Å²) >= 11 is 0. The highest BCUT2D eigenvalue weighted by molar-refractivity contribution is 5.71. The van der Waals surface area contributed by atoms with Crippen LogP contribution in [0.3, 0.4) is 0 Å². The Morgan fingerprint density at radius 2 is 1.39 bits per heavy atom. The van der Waals surface area contributed by atoms with Crippen LogP contribution in [0.1, 0.15) is 75.3 Å². The summed E-state index contributed by atoms with van der Waals surface area (Å²) in [5.74, 6) is 1.45. The Bertz CT molecular complexity index is 960. The molecule has 0 bridgehead atoms. The summed E-state index contributed by atoms with van der Waals surface area (Å²) in [4.78, 5) is 0. The van der Waals surface area contributed by atoms with Crippen molar-refractivity contribution < 1.29 is 4.39 Å². The molecule has 162 valence electrons. The highest BCUT2D eigenvalue weighted by atomic mass is 19.1. The lowest BCUT2D eigenvalue weighted by molar-refractivity contribution is 0.303. The molecule has 3 aromatic rings. The van der Waals surface area contributed by atoms with Crippen molar-refractivity contribution in [1.82, 2.24) is 0 Å². The molecule has 0 atom stereocenters. The molecule has 0 heterocycles. The van der Waals surface area contributed by atoms with Crippen LogP contribution in [0.2, 0.25) is 0 Å². The van der Waals surface area contributed by atoms with E-state index in [1.165, 1.54) is 62.5 Å². The number of unbranched alkanes of at least 4 members (excludes halogenated alkanes) is 2. The van der Waals surface area contributed by atoms with E-state index in [1.807, 2.05) is 12.1 Å². The molecule has 31 heavy (non-hydrogen) atoms. The van der Waals surface area contributed by atoms with Gasteiger partial charge in [0.1, 0.15) is 5.82 Å². The summed E-state index contributed by atoms with van der Waals surface area (Å²) < 4.78 is 14.9. The third-order valence-electron chi connectivity index (χ3n) is 7.11. The summed E-state index contributed by atoms with van der Waals surface area (Å²) in [6.07, 6.45) is 10.8. The lowest BCUT2D eigenvalue weighted by Crippen LogP contribution is -2.13. The molecular formula is C30H35F. The maximum Gasteiger partial charge on any atom is 0.131 e. The molecule has 3 aromatic carbocycles. The van der Waals surface area contributed by atoms with Crippen molar-refractivity contribution in [2.75, 3.05) is 0 Å². The summed E-state index contributed by atoms with van der Waals surface area (Å²) in [6.45, 7) is 4.35. The van der Waals surface area contributed by atoms with Gasteiger partial charge in [-0.3, -0.25) is 0 Å². The minimum absolute atomic E-state index is 0.154. The Morgan fingerprint density at radius 1 is 0.742 bits per heavy atom. The first-order valence-corrected chi connectivity index (χ1v) is 12.1. The largest absolute Gasteiger partial charge is 0.206 e. The lowest BCUT2D eigenvalue weighted by atomic mass is 9.77. The molecule has 4 rings (SSSR count). The fraction of sp³-hybridized carbons (Fsp3) is 0.400. The first-order valence-electron chi connectivity index (χ1n) is 12.1. The van der Waals surface area contributed by atoms with Gasteiger partial charge in [0.05, 0.1) is 0 Å². The van der Waals surface area contributed by atoms with Crippen LogP contribution in [0.5, 0.6) is 0 Å². The number of rotatable bonds is 7. The highest BCUT2D eigenvalue weighted by Gasteiger charge is 2.22. The van der Waals surface area contributed by atoms with Gasteiger partial charge in [0.2, 0.25) is 0 Å². The van der Waals surface area contributed by atoms with Gasteiger partial charge < -0.3 is 0 Å². The first kappa shape index (κ1) is 21.8. The lowest BCUT2D eigenvalue weighted by Gasteiger charge is -2.29. The van der Waals surface area contributed by atoms with Crippen molar-refractivity contribution in [3.63, 3.8) is 0 Å². The molecule has 0 N–H and O–H groups in total. The van der Waals surface area contributed by atoms with Crippen LogP contribution in [-0.4, -0.2) is 0 Å². The van der Waals surface area contributed by atoms with Gasteiger partial charge in [0.25, 0.3) is 0 Å². The third kappa shape index (κ3) is 5.45. The van der Waals surface area contributed by atoms with Crippen LogP contribution in [0, 0.1) is 18.7 Å². The monoisotopic (exact) mass is 414 g/mol. The Kier molecular flexibility index (Phi) is 7.22. The molecule has 0 unspecified atom stereocenters. The molecule has 1 saturated carbocycles. The van der Waals surface area contributed by atoms with Gasteiger partial charge in [0.15, 0.2) is 0 Å². The second-order valence-corrected chi connectivity index (χ2v) is 9.40.